The Hall–Kier alpha value is -1.99. The normalized spacial score (nSPS) is 20.7. The van der Waals surface area contributed by atoms with Gasteiger partial charge in [0, 0.05) is 18.2 Å². The summed E-state index contributed by atoms with van der Waals surface area (Å²) in [5, 5.41) is 3.40. The lowest BCUT2D eigenvalue weighted by atomic mass is 9.86. The third-order valence-electron chi connectivity index (χ3n) is 4.85. The first kappa shape index (κ1) is 18.8. The van der Waals surface area contributed by atoms with Crippen molar-refractivity contribution in [3.63, 3.8) is 0 Å². The van der Waals surface area contributed by atoms with E-state index in [1.165, 1.54) is 0 Å². The zero-order valence-electron chi connectivity index (χ0n) is 15.1. The van der Waals surface area contributed by atoms with Crippen molar-refractivity contribution in [3.05, 3.63) is 42.7 Å². The van der Waals surface area contributed by atoms with Crippen LogP contribution >= 0.6 is 0 Å². The van der Waals surface area contributed by atoms with E-state index in [0.717, 1.165) is 49.3 Å². The molecule has 0 spiro atoms. The van der Waals surface area contributed by atoms with Gasteiger partial charge in [-0.3, -0.25) is 0 Å². The van der Waals surface area contributed by atoms with E-state index in [1.807, 2.05) is 42.7 Å². The predicted molar refractivity (Wildman–Crippen MR) is 104 cm³/mol. The Morgan fingerprint density at radius 1 is 1.04 bits per heavy atom. The largest absolute Gasteiger partial charge is 0.382 e. The molecule has 0 amide bonds. The van der Waals surface area contributed by atoms with Crippen LogP contribution in [-0.2, 0) is 10.0 Å². The molecule has 140 valence electrons. The molecule has 0 radical (unpaired) electrons. The topological polar surface area (TPSA) is 84.0 Å². The Kier molecular flexibility index (Phi) is 6.21. The summed E-state index contributed by atoms with van der Waals surface area (Å²) in [6.45, 7) is 2.53. The molecule has 1 aliphatic rings. The van der Waals surface area contributed by atoms with Crippen molar-refractivity contribution in [2.45, 2.75) is 38.6 Å². The number of nitrogens with zero attached hydrogens (tertiary/aromatic N) is 2. The summed E-state index contributed by atoms with van der Waals surface area (Å²) in [6, 6.07) is 10.00. The van der Waals surface area contributed by atoms with Crippen molar-refractivity contribution >= 4 is 15.7 Å². The Bertz CT molecular complexity index is 786. The molecule has 6 nitrogen and oxygen atoms in total. The molecule has 1 heterocycles. The van der Waals surface area contributed by atoms with Gasteiger partial charge < -0.3 is 5.32 Å². The Labute approximate surface area is 155 Å². The highest BCUT2D eigenvalue weighted by molar-refractivity contribution is 7.89. The van der Waals surface area contributed by atoms with Gasteiger partial charge in [-0.25, -0.2) is 23.1 Å². The van der Waals surface area contributed by atoms with Crippen molar-refractivity contribution in [3.8, 4) is 11.4 Å². The third-order valence-corrected chi connectivity index (χ3v) is 6.30. The van der Waals surface area contributed by atoms with Gasteiger partial charge in [0.15, 0.2) is 5.82 Å². The maximum Gasteiger partial charge on any atom is 0.211 e. The average Bonchev–Trinajstić information content (AvgIpc) is 2.68. The number of benzene rings is 1. The van der Waals surface area contributed by atoms with Crippen LogP contribution in [0.2, 0.25) is 0 Å². The SMILES string of the molecule is CCS(=O)(=O)NC1CCC(CNc2cnc(-c3ccccc3)nc2)CC1. The number of hydrogen-bond acceptors (Lipinski definition) is 5. The summed E-state index contributed by atoms with van der Waals surface area (Å²) in [5.41, 5.74) is 1.92. The van der Waals surface area contributed by atoms with Crippen LogP contribution in [0.4, 0.5) is 5.69 Å². The molecule has 2 aromatic rings. The van der Waals surface area contributed by atoms with Crippen LogP contribution in [0.15, 0.2) is 42.7 Å². The van der Waals surface area contributed by atoms with Crippen molar-refractivity contribution < 1.29 is 8.42 Å². The molecule has 0 bridgehead atoms. The maximum atomic E-state index is 11.7. The quantitative estimate of drug-likeness (QED) is 0.778. The smallest absolute Gasteiger partial charge is 0.211 e. The van der Waals surface area contributed by atoms with Crippen LogP contribution in [0.1, 0.15) is 32.6 Å². The number of sulfonamides is 1. The minimum atomic E-state index is -3.10. The highest BCUT2D eigenvalue weighted by atomic mass is 32.2. The molecule has 1 fully saturated rings. The number of nitrogens with one attached hydrogen (secondary N) is 2. The van der Waals surface area contributed by atoms with Gasteiger partial charge in [-0.2, -0.15) is 0 Å². The first-order valence-electron chi connectivity index (χ1n) is 9.17. The van der Waals surface area contributed by atoms with E-state index in [4.69, 9.17) is 0 Å². The average molecular weight is 375 g/mol. The summed E-state index contributed by atoms with van der Waals surface area (Å²) in [5.74, 6) is 1.42. The van der Waals surface area contributed by atoms with Gasteiger partial charge in [-0.1, -0.05) is 30.3 Å². The summed E-state index contributed by atoms with van der Waals surface area (Å²) in [4.78, 5) is 8.85. The molecule has 0 unspecified atom stereocenters. The minimum absolute atomic E-state index is 0.0877. The van der Waals surface area contributed by atoms with E-state index in [2.05, 4.69) is 20.0 Å². The molecule has 1 aliphatic carbocycles. The van der Waals surface area contributed by atoms with E-state index in [1.54, 1.807) is 6.92 Å². The van der Waals surface area contributed by atoms with Gasteiger partial charge in [0.05, 0.1) is 23.8 Å². The lowest BCUT2D eigenvalue weighted by molar-refractivity contribution is 0.324. The second kappa shape index (κ2) is 8.60. The summed E-state index contributed by atoms with van der Waals surface area (Å²) in [7, 11) is -3.10. The molecule has 0 aliphatic heterocycles. The fraction of sp³-hybridized carbons (Fsp3) is 0.474. The standard InChI is InChI=1S/C19H26N4O2S/c1-2-26(24,25)23-17-10-8-15(9-11-17)12-20-18-13-21-19(22-14-18)16-6-4-3-5-7-16/h3-7,13-15,17,20,23H,2,8-12H2,1H3. The van der Waals surface area contributed by atoms with Gasteiger partial charge in [0.1, 0.15) is 0 Å². The predicted octanol–water partition coefficient (Wildman–Crippen LogP) is 3.05. The van der Waals surface area contributed by atoms with Gasteiger partial charge in [0.2, 0.25) is 10.0 Å². The highest BCUT2D eigenvalue weighted by Crippen LogP contribution is 2.25. The monoisotopic (exact) mass is 374 g/mol. The Morgan fingerprint density at radius 2 is 1.69 bits per heavy atom. The second-order valence-electron chi connectivity index (χ2n) is 6.78. The molecule has 3 rings (SSSR count). The number of anilines is 1. The van der Waals surface area contributed by atoms with Crippen molar-refractivity contribution in [2.75, 3.05) is 17.6 Å². The molecule has 1 aromatic carbocycles. The molecule has 7 heteroatoms. The van der Waals surface area contributed by atoms with E-state index in [-0.39, 0.29) is 11.8 Å². The molecule has 26 heavy (non-hydrogen) atoms. The molecule has 1 saturated carbocycles. The first-order valence-corrected chi connectivity index (χ1v) is 10.8. The maximum absolute atomic E-state index is 11.7. The number of rotatable bonds is 7. The molecule has 1 aromatic heterocycles. The van der Waals surface area contributed by atoms with Crippen molar-refractivity contribution in [1.82, 2.24) is 14.7 Å². The molecule has 0 saturated heterocycles. The van der Waals surface area contributed by atoms with Crippen LogP contribution in [0, 0.1) is 5.92 Å². The lowest BCUT2D eigenvalue weighted by Gasteiger charge is -2.29. The summed E-state index contributed by atoms with van der Waals surface area (Å²) in [6.07, 6.45) is 7.47. The van der Waals surface area contributed by atoms with Crippen molar-refractivity contribution in [1.29, 1.82) is 0 Å². The Morgan fingerprint density at radius 3 is 2.31 bits per heavy atom. The zero-order valence-corrected chi connectivity index (χ0v) is 15.9. The molecule has 2 N–H and O–H groups in total. The molecular formula is C19H26N4O2S. The molecule has 0 atom stereocenters. The number of aromatic nitrogens is 2. The second-order valence-corrected chi connectivity index (χ2v) is 8.82. The molecular weight excluding hydrogens is 348 g/mol. The van der Waals surface area contributed by atoms with Crippen LogP contribution < -0.4 is 10.0 Å². The van der Waals surface area contributed by atoms with E-state index in [9.17, 15) is 8.42 Å². The zero-order chi connectivity index (χ0) is 18.4. The third kappa shape index (κ3) is 5.25. The van der Waals surface area contributed by atoms with Gasteiger partial charge >= 0.3 is 0 Å². The van der Waals surface area contributed by atoms with Gasteiger partial charge in [-0.15, -0.1) is 0 Å². The van der Waals surface area contributed by atoms with E-state index < -0.39 is 10.0 Å². The van der Waals surface area contributed by atoms with Gasteiger partial charge in [-0.05, 0) is 38.5 Å². The van der Waals surface area contributed by atoms with Gasteiger partial charge in [0.25, 0.3) is 0 Å². The van der Waals surface area contributed by atoms with Crippen LogP contribution in [0.3, 0.4) is 0 Å². The Balaban J connectivity index is 1.45. The fourth-order valence-electron chi connectivity index (χ4n) is 3.24. The highest BCUT2D eigenvalue weighted by Gasteiger charge is 2.23. The van der Waals surface area contributed by atoms with Crippen LogP contribution in [0.5, 0.6) is 0 Å². The van der Waals surface area contributed by atoms with Crippen molar-refractivity contribution in [2.24, 2.45) is 5.92 Å². The first-order chi connectivity index (χ1) is 12.6. The van der Waals surface area contributed by atoms with E-state index in [0.29, 0.717) is 5.92 Å². The van der Waals surface area contributed by atoms with E-state index >= 15 is 0 Å². The summed E-state index contributed by atoms with van der Waals surface area (Å²) >= 11 is 0. The summed E-state index contributed by atoms with van der Waals surface area (Å²) < 4.78 is 26.1. The van der Waals surface area contributed by atoms with Crippen LogP contribution in [0.25, 0.3) is 11.4 Å². The minimum Gasteiger partial charge on any atom is -0.382 e. The fourth-order valence-corrected chi connectivity index (χ4v) is 4.15. The number of hydrogen-bond donors (Lipinski definition) is 2. The van der Waals surface area contributed by atoms with Crippen LogP contribution in [-0.4, -0.2) is 36.7 Å². The lowest BCUT2D eigenvalue weighted by Crippen LogP contribution is -2.39.